The lowest BCUT2D eigenvalue weighted by Crippen LogP contribution is -2.36. The Labute approximate surface area is 155 Å². The number of carbonyl (C=O) groups excluding carboxylic acids is 1. The van der Waals surface area contributed by atoms with Crippen LogP contribution in [0.25, 0.3) is 0 Å². The number of nitrogens with zero attached hydrogens (tertiary/aromatic N) is 3. The van der Waals surface area contributed by atoms with Gasteiger partial charge in [0.25, 0.3) is 0 Å². The topological polar surface area (TPSA) is 71.8 Å². The summed E-state index contributed by atoms with van der Waals surface area (Å²) in [5.74, 6) is 2.44. The van der Waals surface area contributed by atoms with Gasteiger partial charge in [0.1, 0.15) is 5.82 Å². The van der Waals surface area contributed by atoms with E-state index < -0.39 is 0 Å². The Bertz CT molecular complexity index is 720. The molecular weight excluding hydrogens is 326 g/mol. The number of benzene rings is 1. The number of amides is 2. The van der Waals surface area contributed by atoms with Gasteiger partial charge in [-0.05, 0) is 36.3 Å². The molecule has 2 heterocycles. The molecule has 3 rings (SSSR count). The van der Waals surface area contributed by atoms with Crippen molar-refractivity contribution in [2.24, 2.45) is 0 Å². The van der Waals surface area contributed by atoms with Gasteiger partial charge in [-0.15, -0.1) is 10.2 Å². The second-order valence-corrected chi connectivity index (χ2v) is 7.25. The highest BCUT2D eigenvalue weighted by atomic mass is 16.2. The largest absolute Gasteiger partial charge is 0.338 e. The highest BCUT2D eigenvalue weighted by Gasteiger charge is 2.14. The number of urea groups is 1. The van der Waals surface area contributed by atoms with Gasteiger partial charge in [0.15, 0.2) is 5.82 Å². The molecule has 0 atom stereocenters. The van der Waals surface area contributed by atoms with E-state index in [4.69, 9.17) is 0 Å². The first kappa shape index (κ1) is 18.4. The molecule has 0 bridgehead atoms. The van der Waals surface area contributed by atoms with Crippen molar-refractivity contribution >= 4 is 6.03 Å². The van der Waals surface area contributed by atoms with E-state index in [-0.39, 0.29) is 6.03 Å². The third-order valence-electron chi connectivity index (χ3n) is 4.94. The molecule has 0 saturated heterocycles. The van der Waals surface area contributed by atoms with Gasteiger partial charge in [0.2, 0.25) is 0 Å². The summed E-state index contributed by atoms with van der Waals surface area (Å²) in [5.41, 5.74) is 2.57. The molecule has 0 radical (unpaired) electrons. The average Bonchev–Trinajstić information content (AvgIpc) is 2.86. The van der Waals surface area contributed by atoms with E-state index in [1.54, 1.807) is 0 Å². The maximum atomic E-state index is 12.0. The van der Waals surface area contributed by atoms with Crippen LogP contribution < -0.4 is 10.6 Å². The van der Waals surface area contributed by atoms with Crippen LogP contribution in [-0.4, -0.2) is 27.3 Å². The number of fused-ring (bicyclic) bond motifs is 1. The maximum Gasteiger partial charge on any atom is 0.315 e. The summed E-state index contributed by atoms with van der Waals surface area (Å²) in [4.78, 5) is 12.0. The van der Waals surface area contributed by atoms with E-state index in [1.165, 1.54) is 24.0 Å². The molecule has 1 aliphatic rings. The molecule has 2 amide bonds. The van der Waals surface area contributed by atoms with Crippen LogP contribution in [0.5, 0.6) is 0 Å². The molecule has 2 N–H and O–H groups in total. The third-order valence-corrected chi connectivity index (χ3v) is 4.94. The van der Waals surface area contributed by atoms with Crippen molar-refractivity contribution in [3.8, 4) is 0 Å². The molecule has 6 nitrogen and oxygen atoms in total. The van der Waals surface area contributed by atoms with Gasteiger partial charge < -0.3 is 15.2 Å². The van der Waals surface area contributed by atoms with Crippen LogP contribution in [0, 0.1) is 0 Å². The standard InChI is InChI=1S/C20H29N5O/c1-15(2)17-9-7-16(8-10-17)11-12-21-20(26)22-14-19-24-23-18-6-4-3-5-13-25(18)19/h7-10,15H,3-6,11-14H2,1-2H3,(H2,21,22,26). The summed E-state index contributed by atoms with van der Waals surface area (Å²) in [5, 5.41) is 14.3. The van der Waals surface area contributed by atoms with E-state index in [0.717, 1.165) is 37.5 Å². The number of rotatable bonds is 6. The first-order chi connectivity index (χ1) is 12.6. The van der Waals surface area contributed by atoms with Crippen LogP contribution >= 0.6 is 0 Å². The van der Waals surface area contributed by atoms with Crippen molar-refractivity contribution in [2.75, 3.05) is 6.54 Å². The normalized spacial score (nSPS) is 14.0. The van der Waals surface area contributed by atoms with Gasteiger partial charge >= 0.3 is 6.03 Å². The van der Waals surface area contributed by atoms with Crippen molar-refractivity contribution in [2.45, 2.75) is 65.0 Å². The Morgan fingerprint density at radius 2 is 1.92 bits per heavy atom. The smallest absolute Gasteiger partial charge is 0.315 e. The minimum Gasteiger partial charge on any atom is -0.338 e. The third kappa shape index (κ3) is 4.84. The summed E-state index contributed by atoms with van der Waals surface area (Å²) in [6.07, 6.45) is 5.36. The first-order valence-corrected chi connectivity index (χ1v) is 9.65. The van der Waals surface area contributed by atoms with Gasteiger partial charge in [0.05, 0.1) is 6.54 Å². The zero-order valence-corrected chi connectivity index (χ0v) is 15.8. The zero-order chi connectivity index (χ0) is 18.4. The Balaban J connectivity index is 1.41. The Kier molecular flexibility index (Phi) is 6.26. The lowest BCUT2D eigenvalue weighted by atomic mass is 10.0. The van der Waals surface area contributed by atoms with Crippen LogP contribution in [0.3, 0.4) is 0 Å². The number of hydrogen-bond donors (Lipinski definition) is 2. The molecule has 6 heteroatoms. The second-order valence-electron chi connectivity index (χ2n) is 7.25. The molecule has 1 aliphatic heterocycles. The summed E-state index contributed by atoms with van der Waals surface area (Å²) in [7, 11) is 0. The predicted molar refractivity (Wildman–Crippen MR) is 102 cm³/mol. The fourth-order valence-electron chi connectivity index (χ4n) is 3.29. The highest BCUT2D eigenvalue weighted by Crippen LogP contribution is 2.15. The first-order valence-electron chi connectivity index (χ1n) is 9.65. The lowest BCUT2D eigenvalue weighted by molar-refractivity contribution is 0.240. The van der Waals surface area contributed by atoms with E-state index in [9.17, 15) is 4.79 Å². The van der Waals surface area contributed by atoms with Gasteiger partial charge in [-0.3, -0.25) is 0 Å². The molecule has 140 valence electrons. The fraction of sp³-hybridized carbons (Fsp3) is 0.550. The number of aryl methyl sites for hydroxylation is 1. The van der Waals surface area contributed by atoms with Crippen LogP contribution in [0.15, 0.2) is 24.3 Å². The lowest BCUT2D eigenvalue weighted by Gasteiger charge is -2.10. The summed E-state index contributed by atoms with van der Waals surface area (Å²) < 4.78 is 2.16. The van der Waals surface area contributed by atoms with Crippen molar-refractivity contribution in [3.05, 3.63) is 47.0 Å². The Hall–Kier alpha value is -2.37. The molecule has 0 unspecified atom stereocenters. The van der Waals surface area contributed by atoms with Gasteiger partial charge in [0, 0.05) is 19.5 Å². The molecule has 0 fully saturated rings. The zero-order valence-electron chi connectivity index (χ0n) is 15.8. The van der Waals surface area contributed by atoms with Crippen LogP contribution in [0.1, 0.15) is 61.8 Å². The predicted octanol–water partition coefficient (Wildman–Crippen LogP) is 3.17. The van der Waals surface area contributed by atoms with Crippen molar-refractivity contribution in [3.63, 3.8) is 0 Å². The number of carbonyl (C=O) groups is 1. The van der Waals surface area contributed by atoms with Crippen LogP contribution in [0.2, 0.25) is 0 Å². The molecule has 0 aliphatic carbocycles. The molecule has 1 aromatic carbocycles. The quantitative estimate of drug-likeness (QED) is 0.836. The fourth-order valence-corrected chi connectivity index (χ4v) is 3.29. The van der Waals surface area contributed by atoms with E-state index in [1.807, 2.05) is 0 Å². The van der Waals surface area contributed by atoms with E-state index >= 15 is 0 Å². The minimum absolute atomic E-state index is 0.158. The van der Waals surface area contributed by atoms with Gasteiger partial charge in [-0.25, -0.2) is 4.79 Å². The Morgan fingerprint density at radius 3 is 2.69 bits per heavy atom. The van der Waals surface area contributed by atoms with Gasteiger partial charge in [-0.2, -0.15) is 0 Å². The van der Waals surface area contributed by atoms with Crippen LogP contribution in [0.4, 0.5) is 4.79 Å². The molecular formula is C20H29N5O. The number of aromatic nitrogens is 3. The summed E-state index contributed by atoms with van der Waals surface area (Å²) >= 11 is 0. The number of hydrogen-bond acceptors (Lipinski definition) is 3. The second kappa shape index (κ2) is 8.83. The molecule has 0 saturated carbocycles. The van der Waals surface area contributed by atoms with E-state index in [2.05, 4.69) is 63.5 Å². The molecule has 1 aromatic heterocycles. The van der Waals surface area contributed by atoms with Crippen molar-refractivity contribution < 1.29 is 4.79 Å². The summed E-state index contributed by atoms with van der Waals surface area (Å²) in [6.45, 7) is 6.37. The monoisotopic (exact) mass is 355 g/mol. The maximum absolute atomic E-state index is 12.0. The summed E-state index contributed by atoms with van der Waals surface area (Å²) in [6, 6.07) is 8.45. The Morgan fingerprint density at radius 1 is 1.12 bits per heavy atom. The van der Waals surface area contributed by atoms with Crippen molar-refractivity contribution in [1.82, 2.24) is 25.4 Å². The van der Waals surface area contributed by atoms with Crippen molar-refractivity contribution in [1.29, 1.82) is 0 Å². The molecule has 26 heavy (non-hydrogen) atoms. The average molecular weight is 355 g/mol. The van der Waals surface area contributed by atoms with Gasteiger partial charge in [-0.1, -0.05) is 44.5 Å². The SMILES string of the molecule is CC(C)c1ccc(CCNC(=O)NCc2nnc3n2CCCCC3)cc1. The molecule has 0 spiro atoms. The highest BCUT2D eigenvalue weighted by molar-refractivity contribution is 5.73. The number of nitrogens with one attached hydrogen (secondary N) is 2. The van der Waals surface area contributed by atoms with E-state index in [0.29, 0.717) is 19.0 Å². The van der Waals surface area contributed by atoms with Crippen LogP contribution in [-0.2, 0) is 25.9 Å². The molecule has 2 aromatic rings. The minimum atomic E-state index is -0.158.